The monoisotopic (exact) mass is 528 g/mol. The zero-order chi connectivity index (χ0) is 27.8. The van der Waals surface area contributed by atoms with Crippen molar-refractivity contribution < 1.29 is 28.2 Å². The number of urea groups is 1. The highest BCUT2D eigenvalue weighted by Gasteiger charge is 2.31. The summed E-state index contributed by atoms with van der Waals surface area (Å²) >= 11 is 0. The molecule has 1 heterocycles. The Labute approximate surface area is 223 Å². The number of halogens is 1. The number of rotatable bonds is 5. The number of carbonyl (C=O) groups is 3. The Morgan fingerprint density at radius 3 is 2.58 bits per heavy atom. The maximum Gasteiger partial charge on any atom is 0.319 e. The lowest BCUT2D eigenvalue weighted by molar-refractivity contribution is 0.0110. The SMILES string of the molecule is CCCNC(=O)Nc1ccc2c(c1)C(=O)N(C)C[C@H](OC)[C@@H](C)CN(C(=O)c1ccccc1F)[C@@H](C)CO2. The van der Waals surface area contributed by atoms with Crippen LogP contribution in [0.15, 0.2) is 42.5 Å². The second kappa shape index (κ2) is 13.2. The first-order valence-electron chi connectivity index (χ1n) is 12.8. The number of likely N-dealkylation sites (N-methyl/N-ethyl adjacent to an activating group) is 1. The number of amides is 4. The van der Waals surface area contributed by atoms with Crippen molar-refractivity contribution in [3.63, 3.8) is 0 Å². The Kier molecular flexibility index (Phi) is 10.1. The molecule has 1 aliphatic rings. The average Bonchev–Trinajstić information content (AvgIpc) is 2.91. The summed E-state index contributed by atoms with van der Waals surface area (Å²) in [6.45, 7) is 6.82. The van der Waals surface area contributed by atoms with E-state index in [1.807, 2.05) is 20.8 Å². The third kappa shape index (κ3) is 7.00. The van der Waals surface area contributed by atoms with Gasteiger partial charge in [-0.25, -0.2) is 9.18 Å². The van der Waals surface area contributed by atoms with E-state index < -0.39 is 23.9 Å². The van der Waals surface area contributed by atoms with Gasteiger partial charge in [0, 0.05) is 45.4 Å². The number of hydrogen-bond acceptors (Lipinski definition) is 5. The molecule has 38 heavy (non-hydrogen) atoms. The Morgan fingerprint density at radius 1 is 1.16 bits per heavy atom. The fourth-order valence-electron chi connectivity index (χ4n) is 4.34. The molecule has 10 heteroatoms. The van der Waals surface area contributed by atoms with Crippen LogP contribution in [0.3, 0.4) is 0 Å². The van der Waals surface area contributed by atoms with E-state index in [0.29, 0.717) is 18.0 Å². The van der Waals surface area contributed by atoms with Gasteiger partial charge in [-0.15, -0.1) is 0 Å². The summed E-state index contributed by atoms with van der Waals surface area (Å²) in [7, 11) is 3.22. The Morgan fingerprint density at radius 2 is 1.89 bits per heavy atom. The molecule has 2 aromatic rings. The first-order valence-corrected chi connectivity index (χ1v) is 12.8. The molecule has 0 saturated carbocycles. The second-order valence-electron chi connectivity index (χ2n) is 9.63. The number of hydrogen-bond donors (Lipinski definition) is 2. The van der Waals surface area contributed by atoms with Gasteiger partial charge in [0.05, 0.1) is 23.3 Å². The molecule has 3 atom stereocenters. The van der Waals surface area contributed by atoms with E-state index in [0.717, 1.165) is 6.42 Å². The van der Waals surface area contributed by atoms with Crippen molar-refractivity contribution in [1.82, 2.24) is 15.1 Å². The molecule has 2 N–H and O–H groups in total. The van der Waals surface area contributed by atoms with E-state index in [1.165, 1.54) is 17.0 Å². The number of nitrogens with one attached hydrogen (secondary N) is 2. The fourth-order valence-corrected chi connectivity index (χ4v) is 4.34. The maximum absolute atomic E-state index is 14.5. The number of fused-ring (bicyclic) bond motifs is 1. The minimum Gasteiger partial charge on any atom is -0.491 e. The smallest absolute Gasteiger partial charge is 0.319 e. The van der Waals surface area contributed by atoms with Gasteiger partial charge in [0.25, 0.3) is 11.8 Å². The molecule has 0 fully saturated rings. The van der Waals surface area contributed by atoms with Gasteiger partial charge >= 0.3 is 6.03 Å². The lowest BCUT2D eigenvalue weighted by Crippen LogP contribution is -2.48. The van der Waals surface area contributed by atoms with Crippen LogP contribution in [0.5, 0.6) is 5.75 Å². The number of nitrogens with zero attached hydrogens (tertiary/aromatic N) is 2. The summed E-state index contributed by atoms with van der Waals surface area (Å²) in [5.41, 5.74) is 0.691. The van der Waals surface area contributed by atoms with Gasteiger partial charge in [-0.3, -0.25) is 9.59 Å². The first kappa shape index (κ1) is 28.9. The summed E-state index contributed by atoms with van der Waals surface area (Å²) < 4.78 is 26.3. The summed E-state index contributed by atoms with van der Waals surface area (Å²) in [6.07, 6.45) is 0.402. The average molecular weight is 529 g/mol. The Hall–Kier alpha value is -3.66. The van der Waals surface area contributed by atoms with Crippen LogP contribution in [0.25, 0.3) is 0 Å². The molecule has 9 nitrogen and oxygen atoms in total. The summed E-state index contributed by atoms with van der Waals surface area (Å²) in [5.74, 6) is -1.19. The molecule has 3 rings (SSSR count). The predicted octanol–water partition coefficient (Wildman–Crippen LogP) is 4.00. The number of carbonyl (C=O) groups excluding carboxylic acids is 3. The van der Waals surface area contributed by atoms with E-state index in [9.17, 15) is 18.8 Å². The topological polar surface area (TPSA) is 100 Å². The number of methoxy groups -OCH3 is 1. The van der Waals surface area contributed by atoms with Crippen molar-refractivity contribution in [3.8, 4) is 5.75 Å². The minimum absolute atomic E-state index is 0.0163. The molecule has 2 aromatic carbocycles. The van der Waals surface area contributed by atoms with E-state index >= 15 is 0 Å². The largest absolute Gasteiger partial charge is 0.491 e. The van der Waals surface area contributed by atoms with Crippen LogP contribution in [0.4, 0.5) is 14.9 Å². The summed E-state index contributed by atoms with van der Waals surface area (Å²) in [6, 6.07) is 9.92. The molecule has 0 radical (unpaired) electrons. The van der Waals surface area contributed by atoms with Crippen LogP contribution in [-0.2, 0) is 4.74 Å². The summed E-state index contributed by atoms with van der Waals surface area (Å²) in [5, 5.41) is 5.48. The van der Waals surface area contributed by atoms with Crippen molar-refractivity contribution in [2.75, 3.05) is 45.7 Å². The van der Waals surface area contributed by atoms with Crippen LogP contribution < -0.4 is 15.4 Å². The molecule has 0 saturated heterocycles. The van der Waals surface area contributed by atoms with Crippen LogP contribution in [0.1, 0.15) is 47.9 Å². The molecule has 0 aliphatic carbocycles. The highest BCUT2D eigenvalue weighted by molar-refractivity contribution is 5.99. The van der Waals surface area contributed by atoms with Crippen molar-refractivity contribution in [2.45, 2.75) is 39.3 Å². The zero-order valence-electron chi connectivity index (χ0n) is 22.6. The van der Waals surface area contributed by atoms with Crippen molar-refractivity contribution in [2.24, 2.45) is 5.92 Å². The predicted molar refractivity (Wildman–Crippen MR) is 143 cm³/mol. The van der Waals surface area contributed by atoms with Crippen LogP contribution >= 0.6 is 0 Å². The van der Waals surface area contributed by atoms with Gasteiger partial charge in [-0.05, 0) is 43.7 Å². The van der Waals surface area contributed by atoms with Crippen LogP contribution in [0, 0.1) is 11.7 Å². The first-order chi connectivity index (χ1) is 18.2. The van der Waals surface area contributed by atoms with Gasteiger partial charge in [-0.2, -0.15) is 0 Å². The van der Waals surface area contributed by atoms with Crippen LogP contribution in [0.2, 0.25) is 0 Å². The Bertz CT molecular complexity index is 1140. The van der Waals surface area contributed by atoms with E-state index in [1.54, 1.807) is 49.4 Å². The number of benzene rings is 2. The Balaban J connectivity index is 1.96. The molecule has 0 unspecified atom stereocenters. The lowest BCUT2D eigenvalue weighted by atomic mass is 10.0. The molecule has 1 aliphatic heterocycles. The molecular formula is C28H37FN4O5. The lowest BCUT2D eigenvalue weighted by Gasteiger charge is -2.36. The van der Waals surface area contributed by atoms with Gasteiger partial charge in [-0.1, -0.05) is 26.0 Å². The molecule has 0 bridgehead atoms. The van der Waals surface area contributed by atoms with E-state index in [-0.39, 0.29) is 48.7 Å². The molecule has 0 aromatic heterocycles. The van der Waals surface area contributed by atoms with Gasteiger partial charge in [0.2, 0.25) is 0 Å². The minimum atomic E-state index is -0.591. The molecule has 4 amide bonds. The van der Waals surface area contributed by atoms with Gasteiger partial charge < -0.3 is 29.9 Å². The quantitative estimate of drug-likeness (QED) is 0.611. The van der Waals surface area contributed by atoms with E-state index in [4.69, 9.17) is 9.47 Å². The molecule has 206 valence electrons. The third-order valence-electron chi connectivity index (χ3n) is 6.60. The van der Waals surface area contributed by atoms with Gasteiger partial charge in [0.15, 0.2) is 0 Å². The number of anilines is 1. The highest BCUT2D eigenvalue weighted by Crippen LogP contribution is 2.27. The normalized spacial score (nSPS) is 20.5. The second-order valence-corrected chi connectivity index (χ2v) is 9.63. The molecular weight excluding hydrogens is 491 g/mol. The highest BCUT2D eigenvalue weighted by atomic mass is 19.1. The fraction of sp³-hybridized carbons (Fsp3) is 0.464. The molecule has 0 spiro atoms. The van der Waals surface area contributed by atoms with Crippen molar-refractivity contribution in [1.29, 1.82) is 0 Å². The maximum atomic E-state index is 14.5. The van der Waals surface area contributed by atoms with Gasteiger partial charge in [0.1, 0.15) is 18.2 Å². The van der Waals surface area contributed by atoms with E-state index in [2.05, 4.69) is 10.6 Å². The number of ether oxygens (including phenoxy) is 2. The zero-order valence-corrected chi connectivity index (χ0v) is 22.6. The summed E-state index contributed by atoms with van der Waals surface area (Å²) in [4.78, 5) is 42.2. The third-order valence-corrected chi connectivity index (χ3v) is 6.60. The van der Waals surface area contributed by atoms with Crippen molar-refractivity contribution >= 4 is 23.5 Å². The van der Waals surface area contributed by atoms with Crippen LogP contribution in [-0.4, -0.2) is 80.2 Å². The standard InChI is InChI=1S/C28H37FN4O5/c1-6-13-30-28(36)31-20-11-12-24-22(14-20)26(34)32(4)16-25(37-5)18(2)15-33(19(3)17-38-24)27(35)21-9-7-8-10-23(21)29/h7-12,14,18-19,25H,6,13,15-17H2,1-5H3,(H2,30,31,36)/t18-,19-,25-/m0/s1. The van der Waals surface area contributed by atoms with Crippen molar-refractivity contribution in [3.05, 3.63) is 59.4 Å².